The van der Waals surface area contributed by atoms with E-state index in [0.717, 1.165) is 0 Å². The molecule has 0 N–H and O–H groups in total. The highest BCUT2D eigenvalue weighted by molar-refractivity contribution is 4.64. The lowest BCUT2D eigenvalue weighted by Crippen LogP contribution is -1.79. The summed E-state index contributed by atoms with van der Waals surface area (Å²) in [5.41, 5.74) is 0. The fraction of sp³-hybridized carbons (Fsp3) is 0. The third-order valence-corrected chi connectivity index (χ3v) is 0.334. The Bertz CT molecular complexity index is 78.0. The minimum absolute atomic E-state index is 1.47. The summed E-state index contributed by atoms with van der Waals surface area (Å²) >= 11 is 0. The Labute approximate surface area is 35.0 Å². The third kappa shape index (κ3) is 0.484. The number of aromatic nitrogens is 3. The zero-order valence-corrected chi connectivity index (χ0v) is 2.92. The van der Waals surface area contributed by atoms with Crippen LogP contribution in [0.2, 0.25) is 0 Å². The summed E-state index contributed by atoms with van der Waals surface area (Å²) in [7, 11) is 0. The SMILES string of the molecule is [c]1c[c]nnn1. The van der Waals surface area contributed by atoms with Gasteiger partial charge in [-0.25, -0.2) is 0 Å². The highest BCUT2D eigenvalue weighted by atomic mass is 15.3. The molecule has 0 saturated carbocycles. The molecule has 3 heteroatoms. The lowest BCUT2D eigenvalue weighted by Gasteiger charge is -1.65. The topological polar surface area (TPSA) is 38.7 Å². The number of hydrogen-bond acceptors (Lipinski definition) is 3. The van der Waals surface area contributed by atoms with Crippen LogP contribution in [-0.4, -0.2) is 15.4 Å². The van der Waals surface area contributed by atoms with Crippen molar-refractivity contribution in [2.45, 2.75) is 0 Å². The minimum Gasteiger partial charge on any atom is -0.128 e. The van der Waals surface area contributed by atoms with Crippen molar-refractivity contribution in [3.63, 3.8) is 0 Å². The molecule has 1 aromatic heterocycles. The van der Waals surface area contributed by atoms with E-state index in [1.165, 1.54) is 6.07 Å². The van der Waals surface area contributed by atoms with Crippen LogP contribution in [0.3, 0.4) is 0 Å². The van der Waals surface area contributed by atoms with E-state index in [2.05, 4.69) is 27.8 Å². The van der Waals surface area contributed by atoms with Crippen LogP contribution in [0, 0.1) is 12.4 Å². The van der Waals surface area contributed by atoms with Crippen LogP contribution in [0.5, 0.6) is 0 Å². The van der Waals surface area contributed by atoms with Crippen LogP contribution in [0.15, 0.2) is 6.07 Å². The van der Waals surface area contributed by atoms with Crippen molar-refractivity contribution in [1.29, 1.82) is 0 Å². The van der Waals surface area contributed by atoms with Gasteiger partial charge in [0.05, 0.1) is 0 Å². The van der Waals surface area contributed by atoms with E-state index in [-0.39, 0.29) is 0 Å². The molecule has 1 rings (SSSR count). The molecule has 1 heterocycles. The Morgan fingerprint density at radius 3 is 2.00 bits per heavy atom. The van der Waals surface area contributed by atoms with Crippen LogP contribution in [-0.2, 0) is 0 Å². The van der Waals surface area contributed by atoms with Crippen molar-refractivity contribution in [3.05, 3.63) is 18.5 Å². The molecule has 0 aliphatic heterocycles. The summed E-state index contributed by atoms with van der Waals surface area (Å²) in [6, 6.07) is 1.47. The average Bonchev–Trinajstić information content (AvgIpc) is 1.72. The first-order valence-electron chi connectivity index (χ1n) is 1.42. The molecule has 28 valence electrons. The molecule has 0 amide bonds. The Balaban J connectivity index is 3.00. The summed E-state index contributed by atoms with van der Waals surface area (Å²) in [6.07, 6.45) is 4.83. The third-order valence-electron chi connectivity index (χ3n) is 0.334. The molecule has 0 fully saturated rings. The van der Waals surface area contributed by atoms with Gasteiger partial charge in [-0.1, -0.05) is 0 Å². The highest BCUT2D eigenvalue weighted by Crippen LogP contribution is 1.58. The van der Waals surface area contributed by atoms with Crippen LogP contribution in [0.1, 0.15) is 0 Å². The summed E-state index contributed by atoms with van der Waals surface area (Å²) in [4.78, 5) is 0. The van der Waals surface area contributed by atoms with Crippen molar-refractivity contribution < 1.29 is 0 Å². The van der Waals surface area contributed by atoms with E-state index in [1.807, 2.05) is 0 Å². The molecule has 0 aliphatic carbocycles. The predicted molar refractivity (Wildman–Crippen MR) is 17.5 cm³/mol. The number of nitrogens with zero attached hydrogens (tertiary/aromatic N) is 3. The summed E-state index contributed by atoms with van der Waals surface area (Å²) in [6.45, 7) is 0. The van der Waals surface area contributed by atoms with Gasteiger partial charge >= 0.3 is 0 Å². The number of rotatable bonds is 0. The second-order valence-corrected chi connectivity index (χ2v) is 0.692. The van der Waals surface area contributed by atoms with E-state index in [1.54, 1.807) is 0 Å². The van der Waals surface area contributed by atoms with Gasteiger partial charge in [0.25, 0.3) is 0 Å². The quantitative estimate of drug-likeness (QED) is 0.419. The molecule has 6 heavy (non-hydrogen) atoms. The molecule has 0 spiro atoms. The molecule has 0 saturated heterocycles. The second kappa shape index (κ2) is 1.45. The fourth-order valence-electron chi connectivity index (χ4n) is 0.161. The average molecular weight is 79.1 g/mol. The van der Waals surface area contributed by atoms with Gasteiger partial charge in [-0.2, -0.15) is 0 Å². The molecule has 0 bridgehead atoms. The van der Waals surface area contributed by atoms with Crippen LogP contribution in [0.25, 0.3) is 0 Å². The van der Waals surface area contributed by atoms with Crippen LogP contribution >= 0.6 is 0 Å². The second-order valence-electron chi connectivity index (χ2n) is 0.692. The van der Waals surface area contributed by atoms with Crippen molar-refractivity contribution in [2.75, 3.05) is 0 Å². The number of hydrogen-bond donors (Lipinski definition) is 0. The van der Waals surface area contributed by atoms with Crippen molar-refractivity contribution in [3.8, 4) is 0 Å². The first-order chi connectivity index (χ1) is 3.00. The monoisotopic (exact) mass is 79.0 g/mol. The first-order valence-corrected chi connectivity index (χ1v) is 1.42. The largest absolute Gasteiger partial charge is 0.128 e. The molecule has 0 aromatic carbocycles. The molecule has 2 radical (unpaired) electrons. The standard InChI is InChI=1S/C3HN3/c1-2-4-6-5-3-1/h1H. The summed E-state index contributed by atoms with van der Waals surface area (Å²) < 4.78 is 0. The van der Waals surface area contributed by atoms with Gasteiger partial charge in [-0.15, -0.1) is 10.2 Å². The van der Waals surface area contributed by atoms with Crippen molar-refractivity contribution in [1.82, 2.24) is 15.4 Å². The van der Waals surface area contributed by atoms with E-state index >= 15 is 0 Å². The molecule has 0 aliphatic rings. The van der Waals surface area contributed by atoms with Gasteiger partial charge in [-0.05, 0) is 11.3 Å². The molecule has 0 unspecified atom stereocenters. The zero-order valence-electron chi connectivity index (χ0n) is 2.92. The van der Waals surface area contributed by atoms with Crippen molar-refractivity contribution in [2.24, 2.45) is 0 Å². The molecule has 0 atom stereocenters. The lowest BCUT2D eigenvalue weighted by molar-refractivity contribution is 0.855. The molecular formula is C3HN3. The Kier molecular flexibility index (Phi) is 0.774. The molecule has 3 nitrogen and oxygen atoms in total. The minimum atomic E-state index is 1.47. The smallest absolute Gasteiger partial charge is 0.117 e. The van der Waals surface area contributed by atoms with Gasteiger partial charge in [0.15, 0.2) is 0 Å². The van der Waals surface area contributed by atoms with Gasteiger partial charge in [0, 0.05) is 0 Å². The van der Waals surface area contributed by atoms with Crippen molar-refractivity contribution >= 4 is 0 Å². The molecular weight excluding hydrogens is 78.1 g/mol. The van der Waals surface area contributed by atoms with Crippen LogP contribution in [0.4, 0.5) is 0 Å². The van der Waals surface area contributed by atoms with Crippen LogP contribution < -0.4 is 0 Å². The summed E-state index contributed by atoms with van der Waals surface area (Å²) in [5, 5.41) is 9.71. The van der Waals surface area contributed by atoms with Gasteiger partial charge in [0.1, 0.15) is 12.4 Å². The van der Waals surface area contributed by atoms with Gasteiger partial charge < -0.3 is 0 Å². The Hall–Kier alpha value is -0.990. The molecule has 1 aromatic rings. The fourth-order valence-corrected chi connectivity index (χ4v) is 0.161. The van der Waals surface area contributed by atoms with E-state index in [4.69, 9.17) is 0 Å². The van der Waals surface area contributed by atoms with E-state index in [0.29, 0.717) is 0 Å². The van der Waals surface area contributed by atoms with E-state index < -0.39 is 0 Å². The Morgan fingerprint density at radius 1 is 1.17 bits per heavy atom. The summed E-state index contributed by atoms with van der Waals surface area (Å²) in [5.74, 6) is 0. The Morgan fingerprint density at radius 2 is 1.83 bits per heavy atom. The van der Waals surface area contributed by atoms with Gasteiger partial charge in [0.2, 0.25) is 0 Å². The maximum absolute atomic E-state index is 3.27. The lowest BCUT2D eigenvalue weighted by atomic mass is 10.7. The normalized spacial score (nSPS) is 8.00. The maximum atomic E-state index is 3.27. The van der Waals surface area contributed by atoms with Gasteiger partial charge in [-0.3, -0.25) is 0 Å². The first kappa shape index (κ1) is 3.21. The highest BCUT2D eigenvalue weighted by Gasteiger charge is 1.63. The zero-order chi connectivity index (χ0) is 4.24. The van der Waals surface area contributed by atoms with E-state index in [9.17, 15) is 0 Å². The predicted octanol–water partition coefficient (Wildman–Crippen LogP) is -0.528. The maximum Gasteiger partial charge on any atom is 0.117 e.